The number of hydrogen-bond acceptors (Lipinski definition) is 18. The number of hydrogen-bond donors (Lipinski definition) is 2. The van der Waals surface area contributed by atoms with Crippen molar-refractivity contribution in [2.75, 3.05) is 39.3 Å². The van der Waals surface area contributed by atoms with E-state index in [-0.39, 0.29) is 39.5 Å². The number of methoxy groups -OCH3 is 4. The molecule has 4 heterocycles. The molecule has 23 heteroatoms. The van der Waals surface area contributed by atoms with Crippen LogP contribution >= 0.6 is 0 Å². The van der Waals surface area contributed by atoms with E-state index >= 15 is 0 Å². The van der Waals surface area contributed by atoms with Gasteiger partial charge in [-0.05, 0) is 60.7 Å². The Morgan fingerprint density at radius 3 is 1.30 bits per heavy atom. The van der Waals surface area contributed by atoms with Gasteiger partial charge in [0.05, 0.1) is 38.3 Å². The van der Waals surface area contributed by atoms with E-state index < -0.39 is 9.85 Å². The fourth-order valence-corrected chi connectivity index (χ4v) is 4.54. The van der Waals surface area contributed by atoms with Gasteiger partial charge in [0.1, 0.15) is 69.8 Å². The number of pyridine rings is 4. The Morgan fingerprint density at radius 2 is 0.984 bits per heavy atom. The van der Waals surface area contributed by atoms with Crippen LogP contribution in [-0.2, 0) is 16.5 Å². The first-order valence-electron chi connectivity index (χ1n) is 17.2. The SMILES string of the molecule is COc1ccc(OC)c(N=N/C(=N\Nc2ccc([N+](=O)[O-])cn2)c2ccccn2)c1.COc1ccc(OC)c(N=N/C(=N\Nc2ccc([N+](=O)[O-])cn2)c2ccccn2)c1.[Ni]. The number of aromatic nitrogens is 4. The summed E-state index contributed by atoms with van der Waals surface area (Å²) in [6.07, 6.45) is 5.44. The predicted octanol–water partition coefficient (Wildman–Crippen LogP) is 7.92. The second kappa shape index (κ2) is 23.2. The summed E-state index contributed by atoms with van der Waals surface area (Å²) in [4.78, 5) is 36.8. The van der Waals surface area contributed by atoms with Crippen LogP contribution < -0.4 is 29.8 Å². The van der Waals surface area contributed by atoms with Crippen molar-refractivity contribution in [3.05, 3.63) is 153 Å². The van der Waals surface area contributed by atoms with Gasteiger partial charge in [-0.3, -0.25) is 41.0 Å². The second-order valence-electron chi connectivity index (χ2n) is 11.3. The van der Waals surface area contributed by atoms with Gasteiger partial charge in [-0.2, -0.15) is 0 Å². The molecule has 0 bridgehead atoms. The maximum absolute atomic E-state index is 10.7. The molecule has 2 N–H and O–H groups in total. The van der Waals surface area contributed by atoms with Gasteiger partial charge < -0.3 is 18.9 Å². The Kier molecular flexibility index (Phi) is 17.2. The Labute approximate surface area is 356 Å². The molecule has 0 unspecified atom stereocenters. The number of hydrazone groups is 2. The summed E-state index contributed by atoms with van der Waals surface area (Å²) < 4.78 is 21.0. The van der Waals surface area contributed by atoms with E-state index in [2.05, 4.69) is 61.4 Å². The van der Waals surface area contributed by atoms with Crippen LogP contribution in [0.25, 0.3) is 0 Å². The van der Waals surface area contributed by atoms with Gasteiger partial charge in [0.2, 0.25) is 11.7 Å². The molecular formula is C38H34N14NiO8. The summed E-state index contributed by atoms with van der Waals surface area (Å²) in [5.41, 5.74) is 6.94. The van der Waals surface area contributed by atoms with E-state index in [0.717, 1.165) is 12.4 Å². The average Bonchev–Trinajstić information content (AvgIpc) is 3.29. The molecule has 0 fully saturated rings. The molecule has 6 aromatic rings. The molecule has 0 saturated carbocycles. The van der Waals surface area contributed by atoms with Gasteiger partial charge in [-0.15, -0.1) is 30.7 Å². The summed E-state index contributed by atoms with van der Waals surface area (Å²) in [7, 11) is 6.14. The number of nitrogens with one attached hydrogen (secondary N) is 2. The van der Waals surface area contributed by atoms with Crippen molar-refractivity contribution in [1.29, 1.82) is 0 Å². The third-order valence-corrected chi connectivity index (χ3v) is 7.54. The number of benzene rings is 2. The maximum Gasteiger partial charge on any atom is 0.287 e. The first-order valence-corrected chi connectivity index (χ1v) is 17.2. The number of rotatable bonds is 14. The van der Waals surface area contributed by atoms with Crippen molar-refractivity contribution in [1.82, 2.24) is 19.9 Å². The number of nitro groups is 2. The molecule has 2 aromatic carbocycles. The number of azo groups is 2. The molecule has 0 saturated heterocycles. The molecule has 0 aliphatic heterocycles. The monoisotopic (exact) mass is 872 g/mol. The first-order chi connectivity index (χ1) is 29.2. The quantitative estimate of drug-likeness (QED) is 0.0263. The third kappa shape index (κ3) is 13.4. The molecule has 6 rings (SSSR count). The van der Waals surface area contributed by atoms with Crippen molar-refractivity contribution in [3.63, 3.8) is 0 Å². The zero-order valence-electron chi connectivity index (χ0n) is 32.5. The number of nitrogens with zero attached hydrogens (tertiary/aromatic N) is 12. The van der Waals surface area contributed by atoms with Crippen LogP contribution in [0.3, 0.4) is 0 Å². The Balaban J connectivity index is 0.000000264. The third-order valence-electron chi connectivity index (χ3n) is 7.54. The van der Waals surface area contributed by atoms with Gasteiger partial charge in [0.15, 0.2) is 0 Å². The summed E-state index contributed by atoms with van der Waals surface area (Å²) in [5.74, 6) is 3.12. The first kappa shape index (κ1) is 45.4. The van der Waals surface area contributed by atoms with E-state index in [0.29, 0.717) is 57.4 Å². The fourth-order valence-electron chi connectivity index (χ4n) is 4.54. The largest absolute Gasteiger partial charge is 0.497 e. The summed E-state index contributed by atoms with van der Waals surface area (Å²) in [6, 6.07) is 26.2. The molecule has 0 spiro atoms. The minimum absolute atomic E-state index is 0. The van der Waals surface area contributed by atoms with Crippen molar-refractivity contribution in [2.45, 2.75) is 0 Å². The summed E-state index contributed by atoms with van der Waals surface area (Å²) in [6.45, 7) is 0. The molecule has 0 radical (unpaired) electrons. The van der Waals surface area contributed by atoms with Crippen LogP contribution in [0.4, 0.5) is 34.4 Å². The molecule has 22 nitrogen and oxygen atoms in total. The zero-order valence-corrected chi connectivity index (χ0v) is 33.5. The topological polar surface area (TPSA) is 273 Å². The minimum atomic E-state index is -0.533. The zero-order chi connectivity index (χ0) is 42.7. The molecule has 0 aliphatic carbocycles. The van der Waals surface area contributed by atoms with Crippen LogP contribution in [0.1, 0.15) is 11.4 Å². The molecule has 0 amide bonds. The van der Waals surface area contributed by atoms with Gasteiger partial charge in [0.25, 0.3) is 11.4 Å². The van der Waals surface area contributed by atoms with Crippen LogP contribution in [0.15, 0.2) is 153 Å². The van der Waals surface area contributed by atoms with Crippen LogP contribution in [0.5, 0.6) is 23.0 Å². The van der Waals surface area contributed by atoms with E-state index in [4.69, 9.17) is 18.9 Å². The Hall–Kier alpha value is -8.33. The number of ether oxygens (including phenoxy) is 4. The Morgan fingerprint density at radius 1 is 0.557 bits per heavy atom. The van der Waals surface area contributed by atoms with Crippen molar-refractivity contribution < 1.29 is 45.3 Å². The van der Waals surface area contributed by atoms with Crippen LogP contribution in [0, 0.1) is 20.2 Å². The molecule has 314 valence electrons. The molecular weight excluding hydrogens is 839 g/mol. The van der Waals surface area contributed by atoms with Gasteiger partial charge >= 0.3 is 0 Å². The fraction of sp³-hybridized carbons (Fsp3) is 0.105. The van der Waals surface area contributed by atoms with Gasteiger partial charge in [-0.25, -0.2) is 9.97 Å². The second-order valence-corrected chi connectivity index (χ2v) is 11.3. The molecule has 61 heavy (non-hydrogen) atoms. The minimum Gasteiger partial charge on any atom is -0.497 e. The van der Waals surface area contributed by atoms with Gasteiger partial charge in [-0.1, -0.05) is 12.1 Å². The van der Waals surface area contributed by atoms with Crippen molar-refractivity contribution >= 4 is 46.1 Å². The Bertz CT molecular complexity index is 2320. The van der Waals surface area contributed by atoms with Crippen LogP contribution in [-0.4, -0.2) is 69.9 Å². The van der Waals surface area contributed by atoms with E-state index in [1.165, 1.54) is 38.5 Å². The molecule has 4 aromatic heterocycles. The van der Waals surface area contributed by atoms with Crippen molar-refractivity contribution in [2.24, 2.45) is 30.7 Å². The van der Waals surface area contributed by atoms with E-state index in [1.54, 1.807) is 99.4 Å². The summed E-state index contributed by atoms with van der Waals surface area (Å²) in [5, 5.41) is 46.7. The van der Waals surface area contributed by atoms with Gasteiger partial charge in [0, 0.05) is 53.2 Å². The van der Waals surface area contributed by atoms with Crippen molar-refractivity contribution in [3.8, 4) is 23.0 Å². The predicted molar refractivity (Wildman–Crippen MR) is 219 cm³/mol. The number of amidine groups is 2. The van der Waals surface area contributed by atoms with Crippen LogP contribution in [0.2, 0.25) is 0 Å². The average molecular weight is 873 g/mol. The van der Waals surface area contributed by atoms with E-state index in [1.807, 2.05) is 0 Å². The molecule has 0 atom stereocenters. The van der Waals surface area contributed by atoms with E-state index in [9.17, 15) is 20.2 Å². The molecule has 0 aliphatic rings. The maximum atomic E-state index is 10.7. The smallest absolute Gasteiger partial charge is 0.287 e. The number of anilines is 2. The normalized spacial score (nSPS) is 11.1. The standard InChI is InChI=1S/2C19H17N7O4.Ni/c2*1-29-14-7-8-17(30-2)16(11-14)22-24-19(15-5-3-4-10-20-15)25-23-18-9-6-13(12-21-18)26(27)28;/h2*3-12H,1-2H3,(H,21,23);/b2*24-22?,25-19-;. The summed E-state index contributed by atoms with van der Waals surface area (Å²) >= 11 is 0.